The normalized spacial score (nSPS) is 10.2. The quantitative estimate of drug-likeness (QED) is 0.507. The maximum Gasteiger partial charge on any atom is 0.349 e. The van der Waals surface area contributed by atoms with Crippen molar-refractivity contribution in [2.45, 2.75) is 6.92 Å². The van der Waals surface area contributed by atoms with Crippen LogP contribution in [0.25, 0.3) is 11.1 Å². The molecule has 0 unspecified atom stereocenters. The number of hydrogen-bond acceptors (Lipinski definition) is 3. The van der Waals surface area contributed by atoms with E-state index in [1.807, 2.05) is 73.7 Å². The third-order valence-electron chi connectivity index (χ3n) is 3.57. The second-order valence-corrected chi connectivity index (χ2v) is 5.47. The third-order valence-corrected chi connectivity index (χ3v) is 3.57. The first-order valence-electron chi connectivity index (χ1n) is 7.76. The minimum absolute atomic E-state index is 0.122. The van der Waals surface area contributed by atoms with Crippen molar-refractivity contribution in [2.75, 3.05) is 6.61 Å². The number of rotatable bonds is 5. The summed E-state index contributed by atoms with van der Waals surface area (Å²) in [7, 11) is 0. The Balaban J connectivity index is 1.55. The zero-order valence-corrected chi connectivity index (χ0v) is 13.4. The standard InChI is InChI=1S/C21H18O3/c1-16-7-11-19(12-8-16)23-15-21(22)24-20-13-9-18(10-14-20)17-5-3-2-4-6-17/h2-14H,15H2,1H3. The molecular formula is C21H18O3. The zero-order valence-electron chi connectivity index (χ0n) is 13.4. The van der Waals surface area contributed by atoms with E-state index in [9.17, 15) is 4.79 Å². The Hall–Kier alpha value is -3.07. The van der Waals surface area contributed by atoms with Crippen LogP contribution < -0.4 is 9.47 Å². The minimum atomic E-state index is -0.428. The molecule has 3 rings (SSSR count). The van der Waals surface area contributed by atoms with Gasteiger partial charge in [-0.25, -0.2) is 4.79 Å². The molecule has 3 aromatic rings. The molecule has 0 saturated heterocycles. The average Bonchev–Trinajstić information content (AvgIpc) is 2.63. The van der Waals surface area contributed by atoms with E-state index < -0.39 is 5.97 Å². The highest BCUT2D eigenvalue weighted by Crippen LogP contribution is 2.22. The van der Waals surface area contributed by atoms with Crippen LogP contribution in [0.4, 0.5) is 0 Å². The number of esters is 1. The van der Waals surface area contributed by atoms with Gasteiger partial charge in [0.15, 0.2) is 6.61 Å². The van der Waals surface area contributed by atoms with Crippen LogP contribution in [-0.2, 0) is 4.79 Å². The van der Waals surface area contributed by atoms with Crippen molar-refractivity contribution >= 4 is 5.97 Å². The minimum Gasteiger partial charge on any atom is -0.482 e. The lowest BCUT2D eigenvalue weighted by Gasteiger charge is -2.08. The predicted octanol–water partition coefficient (Wildman–Crippen LogP) is 4.65. The van der Waals surface area contributed by atoms with Gasteiger partial charge in [0, 0.05) is 0 Å². The van der Waals surface area contributed by atoms with Gasteiger partial charge in [0.1, 0.15) is 11.5 Å². The molecule has 0 N–H and O–H groups in total. The highest BCUT2D eigenvalue weighted by Gasteiger charge is 2.06. The van der Waals surface area contributed by atoms with Crippen LogP contribution in [-0.4, -0.2) is 12.6 Å². The molecule has 3 aromatic carbocycles. The van der Waals surface area contributed by atoms with Crippen LogP contribution in [0, 0.1) is 6.92 Å². The summed E-state index contributed by atoms with van der Waals surface area (Å²) in [6, 6.07) is 25.0. The van der Waals surface area contributed by atoms with Crippen molar-refractivity contribution in [1.29, 1.82) is 0 Å². The van der Waals surface area contributed by atoms with Gasteiger partial charge in [-0.3, -0.25) is 0 Å². The number of benzene rings is 3. The number of aryl methyl sites for hydroxylation is 1. The Labute approximate surface area is 141 Å². The molecule has 0 spiro atoms. The molecule has 3 nitrogen and oxygen atoms in total. The largest absolute Gasteiger partial charge is 0.482 e. The Morgan fingerprint density at radius 1 is 0.750 bits per heavy atom. The molecule has 24 heavy (non-hydrogen) atoms. The molecular weight excluding hydrogens is 300 g/mol. The van der Waals surface area contributed by atoms with Crippen LogP contribution >= 0.6 is 0 Å². The van der Waals surface area contributed by atoms with Gasteiger partial charge in [-0.15, -0.1) is 0 Å². The van der Waals surface area contributed by atoms with Gasteiger partial charge in [-0.05, 0) is 42.3 Å². The Morgan fingerprint density at radius 3 is 2.00 bits per heavy atom. The summed E-state index contributed by atoms with van der Waals surface area (Å²) in [4.78, 5) is 11.9. The van der Waals surface area contributed by atoms with E-state index in [2.05, 4.69) is 0 Å². The lowest BCUT2D eigenvalue weighted by atomic mass is 10.1. The number of carbonyl (C=O) groups is 1. The smallest absolute Gasteiger partial charge is 0.349 e. The number of ether oxygens (including phenoxy) is 2. The molecule has 3 heteroatoms. The zero-order chi connectivity index (χ0) is 16.8. The van der Waals surface area contributed by atoms with E-state index in [-0.39, 0.29) is 6.61 Å². The van der Waals surface area contributed by atoms with E-state index in [4.69, 9.17) is 9.47 Å². The van der Waals surface area contributed by atoms with Crippen molar-refractivity contribution < 1.29 is 14.3 Å². The lowest BCUT2D eigenvalue weighted by molar-refractivity contribution is -0.136. The van der Waals surface area contributed by atoms with Gasteiger partial charge < -0.3 is 9.47 Å². The molecule has 0 aromatic heterocycles. The average molecular weight is 318 g/mol. The molecule has 0 saturated carbocycles. The van der Waals surface area contributed by atoms with Crippen molar-refractivity contribution in [3.05, 3.63) is 84.4 Å². The second-order valence-electron chi connectivity index (χ2n) is 5.47. The molecule has 120 valence electrons. The second kappa shape index (κ2) is 7.47. The summed E-state index contributed by atoms with van der Waals surface area (Å²) in [5.74, 6) is 0.729. The van der Waals surface area contributed by atoms with E-state index in [1.54, 1.807) is 12.1 Å². The van der Waals surface area contributed by atoms with Crippen molar-refractivity contribution in [1.82, 2.24) is 0 Å². The number of carbonyl (C=O) groups excluding carboxylic acids is 1. The van der Waals surface area contributed by atoms with E-state index in [0.717, 1.165) is 16.7 Å². The fourth-order valence-electron chi connectivity index (χ4n) is 2.28. The molecule has 0 aliphatic carbocycles. The van der Waals surface area contributed by atoms with Gasteiger partial charge >= 0.3 is 5.97 Å². The molecule has 0 aliphatic heterocycles. The summed E-state index contributed by atoms with van der Waals surface area (Å²) >= 11 is 0. The molecule has 0 fully saturated rings. The molecule has 0 aliphatic rings. The molecule has 0 amide bonds. The highest BCUT2D eigenvalue weighted by molar-refractivity contribution is 5.74. The maximum absolute atomic E-state index is 11.9. The van der Waals surface area contributed by atoms with E-state index in [1.165, 1.54) is 0 Å². The van der Waals surface area contributed by atoms with Crippen molar-refractivity contribution in [2.24, 2.45) is 0 Å². The Bertz CT molecular complexity index is 791. The predicted molar refractivity (Wildman–Crippen MR) is 94.2 cm³/mol. The first-order valence-corrected chi connectivity index (χ1v) is 7.76. The van der Waals surface area contributed by atoms with Crippen LogP contribution in [0.2, 0.25) is 0 Å². The SMILES string of the molecule is Cc1ccc(OCC(=O)Oc2ccc(-c3ccccc3)cc2)cc1. The van der Waals surface area contributed by atoms with E-state index in [0.29, 0.717) is 11.5 Å². The Kier molecular flexibility index (Phi) is 4.92. The van der Waals surface area contributed by atoms with Gasteiger partial charge in [-0.1, -0.05) is 60.2 Å². The fraction of sp³-hybridized carbons (Fsp3) is 0.0952. The van der Waals surface area contributed by atoms with Gasteiger partial charge in [0.05, 0.1) is 0 Å². The van der Waals surface area contributed by atoms with Gasteiger partial charge in [-0.2, -0.15) is 0 Å². The lowest BCUT2D eigenvalue weighted by Crippen LogP contribution is -2.17. The summed E-state index contributed by atoms with van der Waals surface area (Å²) < 4.78 is 10.7. The highest BCUT2D eigenvalue weighted by atomic mass is 16.6. The molecule has 0 radical (unpaired) electrons. The van der Waals surface area contributed by atoms with Crippen LogP contribution in [0.15, 0.2) is 78.9 Å². The number of hydrogen-bond donors (Lipinski definition) is 0. The summed E-state index contributed by atoms with van der Waals surface area (Å²) in [6.45, 7) is 1.88. The molecule has 0 bridgehead atoms. The third kappa shape index (κ3) is 4.23. The van der Waals surface area contributed by atoms with Crippen LogP contribution in [0.1, 0.15) is 5.56 Å². The topological polar surface area (TPSA) is 35.5 Å². The van der Waals surface area contributed by atoms with Crippen molar-refractivity contribution in [3.63, 3.8) is 0 Å². The first-order chi connectivity index (χ1) is 11.7. The summed E-state index contributed by atoms with van der Waals surface area (Å²) in [5.41, 5.74) is 3.34. The summed E-state index contributed by atoms with van der Waals surface area (Å²) in [5, 5.41) is 0. The van der Waals surface area contributed by atoms with Gasteiger partial charge in [0.25, 0.3) is 0 Å². The Morgan fingerprint density at radius 2 is 1.33 bits per heavy atom. The molecule has 0 heterocycles. The maximum atomic E-state index is 11.9. The first kappa shape index (κ1) is 15.8. The van der Waals surface area contributed by atoms with Gasteiger partial charge in [0.2, 0.25) is 0 Å². The van der Waals surface area contributed by atoms with Crippen LogP contribution in [0.5, 0.6) is 11.5 Å². The molecule has 0 atom stereocenters. The van der Waals surface area contributed by atoms with E-state index >= 15 is 0 Å². The monoisotopic (exact) mass is 318 g/mol. The van der Waals surface area contributed by atoms with Crippen molar-refractivity contribution in [3.8, 4) is 22.6 Å². The fourth-order valence-corrected chi connectivity index (χ4v) is 2.28. The van der Waals surface area contributed by atoms with Crippen LogP contribution in [0.3, 0.4) is 0 Å². The summed E-state index contributed by atoms with van der Waals surface area (Å²) in [6.07, 6.45) is 0.